The lowest BCUT2D eigenvalue weighted by atomic mass is 9.63. The molecule has 0 spiro atoms. The van der Waals surface area contributed by atoms with E-state index in [9.17, 15) is 9.90 Å². The van der Waals surface area contributed by atoms with Crippen molar-refractivity contribution < 1.29 is 9.90 Å². The first-order valence-electron chi connectivity index (χ1n) is 9.70. The molecule has 0 saturated heterocycles. The molecule has 1 N–H and O–H groups in total. The maximum absolute atomic E-state index is 11.2. The van der Waals surface area contributed by atoms with E-state index in [0.717, 1.165) is 11.1 Å². The van der Waals surface area contributed by atoms with E-state index in [1.54, 1.807) is 12.1 Å². The third kappa shape index (κ3) is 3.10. The Balaban J connectivity index is 1.86. The van der Waals surface area contributed by atoms with Gasteiger partial charge in [-0.2, -0.15) is 0 Å². The normalized spacial score (nSPS) is 17.3. The number of fused-ring (bicyclic) bond motifs is 2. The number of carboxylic acids is 1. The second-order valence-corrected chi connectivity index (χ2v) is 9.63. The highest BCUT2D eigenvalue weighted by Gasteiger charge is 2.37. The summed E-state index contributed by atoms with van der Waals surface area (Å²) in [5.41, 5.74) is 5.35. The van der Waals surface area contributed by atoms with Crippen LogP contribution in [0.2, 0.25) is 5.02 Å². The molecule has 0 heterocycles. The van der Waals surface area contributed by atoms with Gasteiger partial charge >= 0.3 is 5.97 Å². The van der Waals surface area contributed by atoms with E-state index in [0.29, 0.717) is 0 Å². The first kappa shape index (κ1) is 19.0. The van der Waals surface area contributed by atoms with E-state index in [1.807, 2.05) is 6.07 Å². The van der Waals surface area contributed by atoms with E-state index in [4.69, 9.17) is 11.6 Å². The zero-order valence-electron chi connectivity index (χ0n) is 16.8. The van der Waals surface area contributed by atoms with Crippen LogP contribution in [0.4, 0.5) is 0 Å². The molecule has 0 unspecified atom stereocenters. The zero-order chi connectivity index (χ0) is 20.3. The molecule has 144 valence electrons. The lowest BCUT2D eigenvalue weighted by Crippen LogP contribution is -2.33. The summed E-state index contributed by atoms with van der Waals surface area (Å²) in [6.45, 7) is 9.35. The van der Waals surface area contributed by atoms with Crippen LogP contribution in [-0.2, 0) is 10.8 Å². The van der Waals surface area contributed by atoms with Crippen molar-refractivity contribution >= 4 is 28.3 Å². The minimum absolute atomic E-state index is 0.129. The Morgan fingerprint density at radius 3 is 1.93 bits per heavy atom. The minimum Gasteiger partial charge on any atom is -0.478 e. The average molecular weight is 393 g/mol. The van der Waals surface area contributed by atoms with Gasteiger partial charge in [0, 0.05) is 0 Å². The molecule has 0 fully saturated rings. The summed E-state index contributed by atoms with van der Waals surface area (Å²) in [6.07, 6.45) is 2.38. The van der Waals surface area contributed by atoms with Crippen molar-refractivity contribution in [3.05, 3.63) is 70.2 Å². The predicted molar refractivity (Wildman–Crippen MR) is 117 cm³/mol. The fourth-order valence-corrected chi connectivity index (χ4v) is 4.62. The highest BCUT2D eigenvalue weighted by atomic mass is 35.5. The van der Waals surface area contributed by atoms with Gasteiger partial charge in [-0.3, -0.25) is 0 Å². The highest BCUT2D eigenvalue weighted by molar-refractivity contribution is 6.33. The lowest BCUT2D eigenvalue weighted by Gasteiger charge is -2.42. The van der Waals surface area contributed by atoms with E-state index in [2.05, 4.69) is 58.0 Å². The number of aromatic carboxylic acids is 1. The number of carbonyl (C=O) groups is 1. The Labute approximate surface area is 171 Å². The van der Waals surface area contributed by atoms with Crippen LogP contribution >= 0.6 is 11.6 Å². The summed E-state index contributed by atoms with van der Waals surface area (Å²) in [5.74, 6) is -1.01. The quantitative estimate of drug-likeness (QED) is 0.500. The van der Waals surface area contributed by atoms with Crippen LogP contribution in [0.1, 0.15) is 62.0 Å². The number of hydrogen-bond donors (Lipinski definition) is 1. The molecule has 3 aromatic carbocycles. The molecule has 0 amide bonds. The van der Waals surface area contributed by atoms with Crippen molar-refractivity contribution in [2.24, 2.45) is 0 Å². The number of benzene rings is 3. The van der Waals surface area contributed by atoms with Gasteiger partial charge in [-0.1, -0.05) is 69.6 Å². The Morgan fingerprint density at radius 2 is 1.36 bits per heavy atom. The van der Waals surface area contributed by atoms with Crippen LogP contribution in [0, 0.1) is 0 Å². The van der Waals surface area contributed by atoms with Crippen molar-refractivity contribution in [1.82, 2.24) is 0 Å². The molecular weight excluding hydrogens is 368 g/mol. The molecule has 0 bridgehead atoms. The molecule has 0 saturated carbocycles. The Kier molecular flexibility index (Phi) is 4.31. The van der Waals surface area contributed by atoms with Crippen molar-refractivity contribution in [2.45, 2.75) is 51.4 Å². The van der Waals surface area contributed by atoms with Gasteiger partial charge < -0.3 is 5.11 Å². The van der Waals surface area contributed by atoms with Gasteiger partial charge in [0.15, 0.2) is 0 Å². The summed E-state index contributed by atoms with van der Waals surface area (Å²) in [4.78, 5) is 11.2. The topological polar surface area (TPSA) is 37.3 Å². The zero-order valence-corrected chi connectivity index (χ0v) is 17.5. The van der Waals surface area contributed by atoms with Crippen LogP contribution in [-0.4, -0.2) is 11.1 Å². The lowest BCUT2D eigenvalue weighted by molar-refractivity contribution is 0.0697. The molecule has 0 radical (unpaired) electrons. The van der Waals surface area contributed by atoms with E-state index >= 15 is 0 Å². The van der Waals surface area contributed by atoms with Crippen molar-refractivity contribution in [1.29, 1.82) is 0 Å². The predicted octanol–water partition coefficient (Wildman–Crippen LogP) is 7.21. The maximum Gasteiger partial charge on any atom is 0.337 e. The van der Waals surface area contributed by atoms with Gasteiger partial charge in [-0.25, -0.2) is 4.79 Å². The molecule has 3 heteroatoms. The van der Waals surface area contributed by atoms with Crippen molar-refractivity contribution in [2.75, 3.05) is 0 Å². The van der Waals surface area contributed by atoms with Crippen molar-refractivity contribution in [3.8, 4) is 11.1 Å². The summed E-state index contributed by atoms with van der Waals surface area (Å²) in [5, 5.41) is 11.9. The smallest absolute Gasteiger partial charge is 0.337 e. The summed E-state index contributed by atoms with van der Waals surface area (Å²) in [6, 6.07) is 16.3. The van der Waals surface area contributed by atoms with Crippen LogP contribution in [0.25, 0.3) is 21.9 Å². The van der Waals surface area contributed by atoms with E-state index in [-0.39, 0.29) is 21.4 Å². The van der Waals surface area contributed by atoms with E-state index in [1.165, 1.54) is 34.7 Å². The molecule has 0 aliphatic heterocycles. The van der Waals surface area contributed by atoms with E-state index < -0.39 is 5.97 Å². The second-order valence-electron chi connectivity index (χ2n) is 9.23. The van der Waals surface area contributed by atoms with Gasteiger partial charge in [0.25, 0.3) is 0 Å². The second kappa shape index (κ2) is 6.35. The molecular formula is C25H25ClO2. The van der Waals surface area contributed by atoms with Gasteiger partial charge in [0.05, 0.1) is 10.6 Å². The number of hydrogen-bond acceptors (Lipinski definition) is 1. The largest absolute Gasteiger partial charge is 0.478 e. The summed E-state index contributed by atoms with van der Waals surface area (Å²) in [7, 11) is 0. The molecule has 0 aromatic heterocycles. The minimum atomic E-state index is -1.01. The number of halogens is 1. The Bertz CT molecular complexity index is 1110. The molecule has 28 heavy (non-hydrogen) atoms. The van der Waals surface area contributed by atoms with Crippen LogP contribution < -0.4 is 0 Å². The van der Waals surface area contributed by atoms with Gasteiger partial charge in [-0.05, 0) is 74.9 Å². The molecule has 4 rings (SSSR count). The van der Waals surface area contributed by atoms with Crippen LogP contribution in [0.5, 0.6) is 0 Å². The fraction of sp³-hybridized carbons (Fsp3) is 0.320. The van der Waals surface area contributed by atoms with Crippen LogP contribution in [0.15, 0.2) is 48.5 Å². The Morgan fingerprint density at radius 1 is 0.821 bits per heavy atom. The summed E-state index contributed by atoms with van der Waals surface area (Å²) < 4.78 is 0. The first-order chi connectivity index (χ1) is 13.1. The molecule has 3 aromatic rings. The van der Waals surface area contributed by atoms with Crippen LogP contribution in [0.3, 0.4) is 0 Å². The molecule has 2 nitrogen and oxygen atoms in total. The fourth-order valence-electron chi connectivity index (χ4n) is 4.36. The molecule has 1 aliphatic carbocycles. The number of carboxylic acid groups (broad SMARTS) is 1. The Hall–Kier alpha value is -2.32. The van der Waals surface area contributed by atoms with Gasteiger partial charge in [-0.15, -0.1) is 0 Å². The van der Waals surface area contributed by atoms with Crippen molar-refractivity contribution in [3.63, 3.8) is 0 Å². The highest BCUT2D eigenvalue weighted by Crippen LogP contribution is 2.47. The number of rotatable bonds is 2. The summed E-state index contributed by atoms with van der Waals surface area (Å²) >= 11 is 6.18. The van der Waals surface area contributed by atoms with Gasteiger partial charge in [0.1, 0.15) is 0 Å². The van der Waals surface area contributed by atoms with Gasteiger partial charge in [0.2, 0.25) is 0 Å². The first-order valence-corrected chi connectivity index (χ1v) is 10.1. The molecule has 1 aliphatic rings. The third-order valence-corrected chi connectivity index (χ3v) is 6.66. The maximum atomic E-state index is 11.2. The SMILES string of the molecule is CC1(C)CCC(C)(C)c2cc3cc(-c4ccc(C(=O)O)c(Cl)c4)ccc3cc21. The standard InChI is InChI=1S/C25H25ClO2/c1-24(2)9-10-25(3,4)21-13-18-11-15(5-6-16(18)12-20(21)24)17-7-8-19(23(27)28)22(26)14-17/h5-8,11-14H,9-10H2,1-4H3,(H,27,28). The third-order valence-electron chi connectivity index (χ3n) is 6.34. The average Bonchev–Trinajstić information content (AvgIpc) is 2.64. The monoisotopic (exact) mass is 392 g/mol. The molecule has 0 atom stereocenters.